The zero-order chi connectivity index (χ0) is 12.5. The average Bonchev–Trinajstić information content (AvgIpc) is 2.75. The van der Waals surface area contributed by atoms with Crippen LogP contribution in [0.15, 0.2) is 0 Å². The molecule has 0 spiro atoms. The predicted octanol–water partition coefficient (Wildman–Crippen LogP) is 1.63. The molecule has 1 N–H and O–H groups in total. The van der Waals surface area contributed by atoms with Crippen LogP contribution in [-0.4, -0.2) is 36.4 Å². The first kappa shape index (κ1) is 12.8. The SMILES string of the molecule is CC(C)(C)OC(=O)CCNC1CC2CCC1O2. The van der Waals surface area contributed by atoms with E-state index in [2.05, 4.69) is 5.32 Å². The molecule has 0 amide bonds. The van der Waals surface area contributed by atoms with Gasteiger partial charge in [-0.2, -0.15) is 0 Å². The van der Waals surface area contributed by atoms with Crippen LogP contribution in [0.5, 0.6) is 0 Å². The number of esters is 1. The molecule has 0 saturated carbocycles. The minimum Gasteiger partial charge on any atom is -0.460 e. The highest BCUT2D eigenvalue weighted by Gasteiger charge is 2.40. The second-order valence-corrected chi connectivity index (χ2v) is 6.01. The van der Waals surface area contributed by atoms with E-state index < -0.39 is 0 Å². The lowest BCUT2D eigenvalue weighted by Crippen LogP contribution is -2.39. The maximum absolute atomic E-state index is 11.5. The summed E-state index contributed by atoms with van der Waals surface area (Å²) < 4.78 is 11.0. The normalized spacial score (nSPS) is 31.8. The van der Waals surface area contributed by atoms with E-state index in [0.717, 1.165) is 12.8 Å². The van der Waals surface area contributed by atoms with Gasteiger partial charge in [-0.3, -0.25) is 4.79 Å². The number of carbonyl (C=O) groups is 1. The molecule has 3 unspecified atom stereocenters. The van der Waals surface area contributed by atoms with E-state index in [-0.39, 0.29) is 11.6 Å². The largest absolute Gasteiger partial charge is 0.460 e. The third-order valence-electron chi connectivity index (χ3n) is 3.26. The molecule has 0 aromatic heterocycles. The minimum absolute atomic E-state index is 0.130. The maximum Gasteiger partial charge on any atom is 0.307 e. The number of fused-ring (bicyclic) bond motifs is 2. The Hall–Kier alpha value is -0.610. The van der Waals surface area contributed by atoms with Crippen molar-refractivity contribution in [1.29, 1.82) is 0 Å². The van der Waals surface area contributed by atoms with Gasteiger partial charge < -0.3 is 14.8 Å². The summed E-state index contributed by atoms with van der Waals surface area (Å²) in [4.78, 5) is 11.5. The molecule has 0 radical (unpaired) electrons. The van der Waals surface area contributed by atoms with Crippen LogP contribution in [0.1, 0.15) is 46.5 Å². The number of carbonyl (C=O) groups excluding carboxylic acids is 1. The molecule has 2 fully saturated rings. The summed E-state index contributed by atoms with van der Waals surface area (Å²) in [6, 6.07) is 0.441. The van der Waals surface area contributed by atoms with Crippen LogP contribution < -0.4 is 5.32 Å². The summed E-state index contributed by atoms with van der Waals surface area (Å²) in [5, 5.41) is 3.40. The third-order valence-corrected chi connectivity index (χ3v) is 3.26. The topological polar surface area (TPSA) is 47.6 Å². The van der Waals surface area contributed by atoms with Gasteiger partial charge in [0.1, 0.15) is 5.60 Å². The Kier molecular flexibility index (Phi) is 3.73. The van der Waals surface area contributed by atoms with Gasteiger partial charge in [-0.1, -0.05) is 0 Å². The molecule has 4 heteroatoms. The molecule has 2 aliphatic heterocycles. The minimum atomic E-state index is -0.382. The summed E-state index contributed by atoms with van der Waals surface area (Å²) in [7, 11) is 0. The first-order valence-corrected chi connectivity index (χ1v) is 6.55. The zero-order valence-corrected chi connectivity index (χ0v) is 11.0. The molecule has 2 bridgehead atoms. The second kappa shape index (κ2) is 4.94. The number of rotatable bonds is 4. The first-order valence-electron chi connectivity index (χ1n) is 6.55. The van der Waals surface area contributed by atoms with Crippen LogP contribution >= 0.6 is 0 Å². The average molecular weight is 241 g/mol. The van der Waals surface area contributed by atoms with E-state index >= 15 is 0 Å². The highest BCUT2D eigenvalue weighted by atomic mass is 16.6. The summed E-state index contributed by atoms with van der Waals surface area (Å²) in [6.45, 7) is 6.36. The Morgan fingerprint density at radius 1 is 1.41 bits per heavy atom. The van der Waals surface area contributed by atoms with Gasteiger partial charge in [-0.25, -0.2) is 0 Å². The molecule has 0 aliphatic carbocycles. The van der Waals surface area contributed by atoms with E-state index in [0.29, 0.717) is 31.2 Å². The van der Waals surface area contributed by atoms with Gasteiger partial charge in [0.25, 0.3) is 0 Å². The molecule has 2 aliphatic rings. The van der Waals surface area contributed by atoms with Crippen LogP contribution in [0.2, 0.25) is 0 Å². The van der Waals surface area contributed by atoms with Crippen LogP contribution in [0.4, 0.5) is 0 Å². The number of nitrogens with one attached hydrogen (secondary N) is 1. The van der Waals surface area contributed by atoms with Crippen molar-refractivity contribution in [3.63, 3.8) is 0 Å². The molecule has 3 atom stereocenters. The third kappa shape index (κ3) is 3.68. The fourth-order valence-corrected chi connectivity index (χ4v) is 2.60. The van der Waals surface area contributed by atoms with Crippen molar-refractivity contribution >= 4 is 5.97 Å². The van der Waals surface area contributed by atoms with Crippen molar-refractivity contribution in [3.05, 3.63) is 0 Å². The second-order valence-electron chi connectivity index (χ2n) is 6.01. The Bertz CT molecular complexity index is 285. The molecule has 0 aromatic carbocycles. The smallest absolute Gasteiger partial charge is 0.307 e. The van der Waals surface area contributed by atoms with E-state index in [4.69, 9.17) is 9.47 Å². The van der Waals surface area contributed by atoms with Gasteiger partial charge in [-0.15, -0.1) is 0 Å². The van der Waals surface area contributed by atoms with E-state index in [1.54, 1.807) is 0 Å². The van der Waals surface area contributed by atoms with Gasteiger partial charge in [-0.05, 0) is 40.0 Å². The van der Waals surface area contributed by atoms with Gasteiger partial charge >= 0.3 is 5.97 Å². The van der Waals surface area contributed by atoms with Crippen LogP contribution in [0.25, 0.3) is 0 Å². The van der Waals surface area contributed by atoms with E-state index in [9.17, 15) is 4.79 Å². The lowest BCUT2D eigenvalue weighted by atomic mass is 9.95. The molecule has 0 aromatic rings. The molecule has 2 saturated heterocycles. The van der Waals surface area contributed by atoms with E-state index in [1.165, 1.54) is 6.42 Å². The standard InChI is InChI=1S/C13H23NO3/c1-13(2,3)17-12(15)6-7-14-10-8-9-4-5-11(10)16-9/h9-11,14H,4-8H2,1-3H3. The quantitative estimate of drug-likeness (QED) is 0.760. The highest BCUT2D eigenvalue weighted by Crippen LogP contribution is 2.34. The molecule has 98 valence electrons. The molecule has 17 heavy (non-hydrogen) atoms. The number of hydrogen-bond donors (Lipinski definition) is 1. The predicted molar refractivity (Wildman–Crippen MR) is 64.8 cm³/mol. The van der Waals surface area contributed by atoms with Crippen molar-refractivity contribution in [1.82, 2.24) is 5.32 Å². The Balaban J connectivity index is 1.62. The van der Waals surface area contributed by atoms with Crippen LogP contribution in [0, 0.1) is 0 Å². The maximum atomic E-state index is 11.5. The van der Waals surface area contributed by atoms with Crippen molar-refractivity contribution in [3.8, 4) is 0 Å². The van der Waals surface area contributed by atoms with Crippen LogP contribution in [-0.2, 0) is 14.3 Å². The fraction of sp³-hybridized carbons (Fsp3) is 0.923. The van der Waals surface area contributed by atoms with Crippen molar-refractivity contribution in [2.45, 2.75) is 70.3 Å². The van der Waals surface area contributed by atoms with Crippen molar-refractivity contribution < 1.29 is 14.3 Å². The van der Waals surface area contributed by atoms with Crippen LogP contribution in [0.3, 0.4) is 0 Å². The van der Waals surface area contributed by atoms with Gasteiger partial charge in [0.2, 0.25) is 0 Å². The lowest BCUT2D eigenvalue weighted by molar-refractivity contribution is -0.154. The van der Waals surface area contributed by atoms with Crippen molar-refractivity contribution in [2.75, 3.05) is 6.54 Å². The Morgan fingerprint density at radius 2 is 2.18 bits per heavy atom. The molecular formula is C13H23NO3. The summed E-state index contributed by atoms with van der Waals surface area (Å²) >= 11 is 0. The fourth-order valence-electron chi connectivity index (χ4n) is 2.60. The molecule has 2 rings (SSSR count). The highest BCUT2D eigenvalue weighted by molar-refractivity contribution is 5.70. The zero-order valence-electron chi connectivity index (χ0n) is 11.0. The van der Waals surface area contributed by atoms with E-state index in [1.807, 2.05) is 20.8 Å². The van der Waals surface area contributed by atoms with Gasteiger partial charge in [0.05, 0.1) is 18.6 Å². The molecular weight excluding hydrogens is 218 g/mol. The lowest BCUT2D eigenvalue weighted by Gasteiger charge is -2.22. The number of hydrogen-bond acceptors (Lipinski definition) is 4. The monoisotopic (exact) mass is 241 g/mol. The van der Waals surface area contributed by atoms with Gasteiger partial charge in [0.15, 0.2) is 0 Å². The summed E-state index contributed by atoms with van der Waals surface area (Å²) in [5.41, 5.74) is -0.382. The molecule has 2 heterocycles. The Labute approximate surface area is 103 Å². The number of ether oxygens (including phenoxy) is 2. The Morgan fingerprint density at radius 3 is 2.71 bits per heavy atom. The molecule has 4 nitrogen and oxygen atoms in total. The summed E-state index contributed by atoms with van der Waals surface area (Å²) in [6.07, 6.45) is 4.73. The van der Waals surface area contributed by atoms with Crippen molar-refractivity contribution in [2.24, 2.45) is 0 Å². The first-order chi connectivity index (χ1) is 7.94. The van der Waals surface area contributed by atoms with Gasteiger partial charge in [0, 0.05) is 12.6 Å². The summed E-state index contributed by atoms with van der Waals surface area (Å²) in [5.74, 6) is -0.130.